The highest BCUT2D eigenvalue weighted by atomic mass is 32.2. The number of amides is 1. The Morgan fingerprint density at radius 1 is 1.50 bits per heavy atom. The molecule has 0 aromatic rings. The van der Waals surface area contributed by atoms with Crippen molar-refractivity contribution < 1.29 is 17.8 Å². The fourth-order valence-corrected chi connectivity index (χ4v) is 1.66. The van der Waals surface area contributed by atoms with E-state index in [4.69, 9.17) is 4.55 Å². The predicted molar refractivity (Wildman–Crippen MR) is 62.7 cm³/mol. The molecule has 0 heterocycles. The van der Waals surface area contributed by atoms with Crippen molar-refractivity contribution in [3.05, 3.63) is 12.7 Å². The molecule has 1 unspecified atom stereocenters. The Bertz CT molecular complexity index is 337. The molecule has 0 aliphatic rings. The third kappa shape index (κ3) is 5.87. The van der Waals surface area contributed by atoms with Crippen LogP contribution in [0.5, 0.6) is 0 Å². The lowest BCUT2D eigenvalue weighted by Crippen LogP contribution is -2.26. The van der Waals surface area contributed by atoms with Gasteiger partial charge >= 0.3 is 0 Å². The lowest BCUT2D eigenvalue weighted by Gasteiger charge is -2.15. The first-order valence-corrected chi connectivity index (χ1v) is 6.63. The fraction of sp³-hybridized carbons (Fsp3) is 0.700. The fourth-order valence-electron chi connectivity index (χ4n) is 1.20. The van der Waals surface area contributed by atoms with Crippen molar-refractivity contribution in [3.63, 3.8) is 0 Å². The molecule has 5 nitrogen and oxygen atoms in total. The summed E-state index contributed by atoms with van der Waals surface area (Å²) in [7, 11) is -2.26. The zero-order chi connectivity index (χ0) is 12.8. The molecule has 0 aromatic carbocycles. The monoisotopic (exact) mass is 249 g/mol. The Balaban J connectivity index is 3.77. The maximum Gasteiger partial charge on any atom is 0.267 e. The second-order valence-electron chi connectivity index (χ2n) is 3.79. The second kappa shape index (κ2) is 6.65. The summed E-state index contributed by atoms with van der Waals surface area (Å²) in [6, 6.07) is 0. The van der Waals surface area contributed by atoms with E-state index in [-0.39, 0.29) is 5.91 Å². The first kappa shape index (κ1) is 15.1. The Labute approximate surface area is 96.9 Å². The summed E-state index contributed by atoms with van der Waals surface area (Å²) in [5.74, 6) is -0.150. The number of hydrogen-bond acceptors (Lipinski definition) is 3. The van der Waals surface area contributed by atoms with E-state index in [1.807, 2.05) is 0 Å². The first-order valence-electron chi connectivity index (χ1n) is 5.13. The van der Waals surface area contributed by atoms with E-state index in [9.17, 15) is 13.2 Å². The van der Waals surface area contributed by atoms with Gasteiger partial charge in [-0.1, -0.05) is 13.0 Å². The molecule has 16 heavy (non-hydrogen) atoms. The smallest absolute Gasteiger partial charge is 0.267 e. The Morgan fingerprint density at radius 2 is 2.06 bits per heavy atom. The van der Waals surface area contributed by atoms with Gasteiger partial charge in [0.1, 0.15) is 0 Å². The lowest BCUT2D eigenvalue weighted by molar-refractivity contribution is -0.124. The van der Waals surface area contributed by atoms with Crippen LogP contribution in [0.4, 0.5) is 0 Å². The van der Waals surface area contributed by atoms with Crippen LogP contribution in [0, 0.1) is 0 Å². The van der Waals surface area contributed by atoms with Gasteiger partial charge < -0.3 is 4.90 Å². The molecule has 1 atom stereocenters. The predicted octanol–water partition coefficient (Wildman–Crippen LogP) is 1.08. The molecule has 0 aliphatic heterocycles. The zero-order valence-electron chi connectivity index (χ0n) is 9.72. The van der Waals surface area contributed by atoms with Crippen LogP contribution < -0.4 is 0 Å². The number of hydrogen-bond donors (Lipinski definition) is 1. The molecule has 0 spiro atoms. The number of nitrogens with zero attached hydrogens (tertiary/aromatic N) is 1. The summed E-state index contributed by atoms with van der Waals surface area (Å²) in [6.45, 7) is 5.39. The molecule has 0 fully saturated rings. The van der Waals surface area contributed by atoms with Gasteiger partial charge in [-0.2, -0.15) is 8.42 Å². The normalized spacial score (nSPS) is 13.2. The van der Waals surface area contributed by atoms with Crippen molar-refractivity contribution >= 4 is 16.0 Å². The minimum Gasteiger partial charge on any atom is -0.342 e. The number of unbranched alkanes of at least 4 members (excludes halogenated alkanes) is 1. The lowest BCUT2D eigenvalue weighted by atomic mass is 10.2. The van der Waals surface area contributed by atoms with Crippen LogP contribution in [0.15, 0.2) is 12.7 Å². The largest absolute Gasteiger partial charge is 0.342 e. The van der Waals surface area contributed by atoms with Crippen LogP contribution in [-0.2, 0) is 14.9 Å². The highest BCUT2D eigenvalue weighted by Crippen LogP contribution is 2.08. The molecule has 0 saturated heterocycles. The van der Waals surface area contributed by atoms with Crippen molar-refractivity contribution in [2.75, 3.05) is 13.6 Å². The molecule has 6 heteroatoms. The van der Waals surface area contributed by atoms with Crippen molar-refractivity contribution in [1.82, 2.24) is 4.90 Å². The molecule has 0 rings (SSSR count). The Hall–Kier alpha value is -0.880. The molecule has 0 saturated carbocycles. The minimum atomic E-state index is -3.92. The zero-order valence-corrected chi connectivity index (χ0v) is 10.5. The van der Waals surface area contributed by atoms with E-state index in [1.165, 1.54) is 17.9 Å². The van der Waals surface area contributed by atoms with Gasteiger partial charge in [0.05, 0.1) is 5.25 Å². The molecule has 0 bridgehead atoms. The number of rotatable bonds is 7. The Kier molecular flexibility index (Phi) is 6.28. The van der Waals surface area contributed by atoms with E-state index in [0.717, 1.165) is 0 Å². The van der Waals surface area contributed by atoms with Crippen LogP contribution in [-0.4, -0.2) is 42.6 Å². The van der Waals surface area contributed by atoms with Gasteiger partial charge in [0.2, 0.25) is 5.91 Å². The van der Waals surface area contributed by atoms with Crippen LogP contribution in [0.1, 0.15) is 26.2 Å². The summed E-state index contributed by atoms with van der Waals surface area (Å²) in [6.07, 6.45) is 2.99. The molecule has 0 radical (unpaired) electrons. The molecule has 1 N–H and O–H groups in total. The van der Waals surface area contributed by atoms with Crippen LogP contribution in [0.25, 0.3) is 0 Å². The van der Waals surface area contributed by atoms with Gasteiger partial charge in [0.25, 0.3) is 10.1 Å². The van der Waals surface area contributed by atoms with Gasteiger partial charge in [0, 0.05) is 13.6 Å². The third-order valence-electron chi connectivity index (χ3n) is 2.41. The average molecular weight is 249 g/mol. The van der Waals surface area contributed by atoms with E-state index >= 15 is 0 Å². The van der Waals surface area contributed by atoms with Gasteiger partial charge in [-0.05, 0) is 25.8 Å². The van der Waals surface area contributed by atoms with E-state index < -0.39 is 15.4 Å². The van der Waals surface area contributed by atoms with Gasteiger partial charge in [-0.15, -0.1) is 0 Å². The molecular weight excluding hydrogens is 230 g/mol. The maximum atomic E-state index is 11.1. The van der Waals surface area contributed by atoms with E-state index in [1.54, 1.807) is 7.05 Å². The van der Waals surface area contributed by atoms with E-state index in [2.05, 4.69) is 6.58 Å². The van der Waals surface area contributed by atoms with E-state index in [0.29, 0.717) is 25.8 Å². The third-order valence-corrected chi connectivity index (χ3v) is 3.67. The second-order valence-corrected chi connectivity index (χ2v) is 5.62. The van der Waals surface area contributed by atoms with Gasteiger partial charge in [0.15, 0.2) is 0 Å². The standard InChI is InChI=1S/C10H19NO4S/c1-4-10(12)11(3)8-6-5-7-9(2)16(13,14)15/h4,9H,1,5-8H2,2-3H3,(H,13,14,15). The molecule has 94 valence electrons. The minimum absolute atomic E-state index is 0.150. The Morgan fingerprint density at radius 3 is 2.50 bits per heavy atom. The van der Waals surface area contributed by atoms with Crippen molar-refractivity contribution in [1.29, 1.82) is 0 Å². The number of likely N-dealkylation sites (N-methyl/N-ethyl adjacent to an activating group) is 1. The first-order chi connectivity index (χ1) is 7.29. The summed E-state index contributed by atoms with van der Waals surface area (Å²) >= 11 is 0. The molecular formula is C10H19NO4S. The SMILES string of the molecule is C=CC(=O)N(C)CCCCC(C)S(=O)(=O)O. The summed E-state index contributed by atoms with van der Waals surface area (Å²) < 4.78 is 30.1. The summed E-state index contributed by atoms with van der Waals surface area (Å²) in [4.78, 5) is 12.6. The molecule has 0 aliphatic carbocycles. The van der Waals surface area contributed by atoms with Crippen molar-refractivity contribution in [2.45, 2.75) is 31.4 Å². The highest BCUT2D eigenvalue weighted by Gasteiger charge is 2.16. The maximum absolute atomic E-state index is 11.1. The quantitative estimate of drug-likeness (QED) is 0.416. The van der Waals surface area contributed by atoms with Crippen LogP contribution in [0.3, 0.4) is 0 Å². The topological polar surface area (TPSA) is 74.7 Å². The highest BCUT2D eigenvalue weighted by molar-refractivity contribution is 7.86. The number of carbonyl (C=O) groups excluding carboxylic acids is 1. The molecule has 0 aromatic heterocycles. The molecule has 1 amide bonds. The van der Waals surface area contributed by atoms with Crippen molar-refractivity contribution in [2.24, 2.45) is 0 Å². The van der Waals surface area contributed by atoms with Crippen molar-refractivity contribution in [3.8, 4) is 0 Å². The van der Waals surface area contributed by atoms with Gasteiger partial charge in [-0.25, -0.2) is 0 Å². The summed E-state index contributed by atoms with van der Waals surface area (Å²) in [5, 5.41) is -0.743. The van der Waals surface area contributed by atoms with Crippen LogP contribution in [0.2, 0.25) is 0 Å². The van der Waals surface area contributed by atoms with Gasteiger partial charge in [-0.3, -0.25) is 9.35 Å². The average Bonchev–Trinajstić information content (AvgIpc) is 2.20. The van der Waals surface area contributed by atoms with Crippen LogP contribution >= 0.6 is 0 Å². The number of carbonyl (C=O) groups is 1. The summed E-state index contributed by atoms with van der Waals surface area (Å²) in [5.41, 5.74) is 0.